The van der Waals surface area contributed by atoms with Gasteiger partial charge in [-0.25, -0.2) is 4.79 Å². The monoisotopic (exact) mass is 299 g/mol. The van der Waals surface area contributed by atoms with Crippen molar-refractivity contribution < 1.29 is 9.90 Å². The minimum absolute atomic E-state index is 0.00375. The van der Waals surface area contributed by atoms with E-state index in [1.54, 1.807) is 0 Å². The molecule has 0 aromatic heterocycles. The van der Waals surface area contributed by atoms with E-state index in [0.29, 0.717) is 0 Å². The molecular formula is C16H33N3O2. The molecule has 1 fully saturated rings. The molecule has 0 spiro atoms. The second-order valence-corrected chi connectivity index (χ2v) is 7.40. The maximum atomic E-state index is 12.2. The van der Waals surface area contributed by atoms with E-state index in [2.05, 4.69) is 29.4 Å². The molecule has 1 saturated carbocycles. The number of aliphatic hydroxyl groups excluding tert-OH is 1. The number of rotatable bonds is 6. The molecule has 1 aliphatic rings. The van der Waals surface area contributed by atoms with Gasteiger partial charge in [0.25, 0.3) is 0 Å². The topological polar surface area (TPSA) is 64.6 Å². The average molecular weight is 299 g/mol. The van der Waals surface area contributed by atoms with Crippen LogP contribution in [0.1, 0.15) is 46.5 Å². The highest BCUT2D eigenvalue weighted by Crippen LogP contribution is 2.24. The van der Waals surface area contributed by atoms with Crippen LogP contribution >= 0.6 is 0 Å². The lowest BCUT2D eigenvalue weighted by Gasteiger charge is -2.36. The molecule has 1 aliphatic carbocycles. The van der Waals surface area contributed by atoms with Gasteiger partial charge >= 0.3 is 6.03 Å². The van der Waals surface area contributed by atoms with Gasteiger partial charge in [-0.1, -0.05) is 26.7 Å². The number of carbonyl (C=O) groups excluding carboxylic acids is 1. The maximum Gasteiger partial charge on any atom is 0.315 e. The lowest BCUT2D eigenvalue weighted by molar-refractivity contribution is 0.147. The van der Waals surface area contributed by atoms with E-state index >= 15 is 0 Å². The van der Waals surface area contributed by atoms with Gasteiger partial charge in [0.1, 0.15) is 0 Å². The largest absolute Gasteiger partial charge is 0.396 e. The molecular weight excluding hydrogens is 266 g/mol. The van der Waals surface area contributed by atoms with Crippen molar-refractivity contribution in [3.8, 4) is 0 Å². The van der Waals surface area contributed by atoms with E-state index in [9.17, 15) is 9.90 Å². The average Bonchev–Trinajstić information content (AvgIpc) is 2.37. The third-order valence-electron chi connectivity index (χ3n) is 4.70. The number of urea groups is 1. The molecule has 0 bridgehead atoms. The molecule has 5 nitrogen and oxygen atoms in total. The van der Waals surface area contributed by atoms with Crippen LogP contribution in [0, 0.1) is 11.3 Å². The first kappa shape index (κ1) is 18.2. The Morgan fingerprint density at radius 3 is 2.52 bits per heavy atom. The van der Waals surface area contributed by atoms with Crippen LogP contribution in [0.25, 0.3) is 0 Å². The van der Waals surface area contributed by atoms with Crippen molar-refractivity contribution in [1.82, 2.24) is 15.5 Å². The SMILES string of the molecule is C[C@H](NC(=O)N[C@@H]1CCCC[C@H]1CO)C(C)(C)CN(C)C. The van der Waals surface area contributed by atoms with Gasteiger partial charge in [0.2, 0.25) is 0 Å². The summed E-state index contributed by atoms with van der Waals surface area (Å²) in [7, 11) is 4.09. The van der Waals surface area contributed by atoms with Crippen LogP contribution in [-0.4, -0.2) is 55.4 Å². The maximum absolute atomic E-state index is 12.2. The van der Waals surface area contributed by atoms with Crippen molar-refractivity contribution in [2.45, 2.75) is 58.5 Å². The first-order chi connectivity index (χ1) is 9.76. The molecule has 0 heterocycles. The summed E-state index contributed by atoms with van der Waals surface area (Å²) in [6.07, 6.45) is 4.25. The standard InChI is InChI=1S/C16H33N3O2/c1-12(16(2,3)11-19(4)5)17-15(21)18-14-9-7-6-8-13(14)10-20/h12-14,20H,6-11H2,1-5H3,(H2,17,18,21)/t12-,13-,14+/m0/s1. The van der Waals surface area contributed by atoms with Crippen LogP contribution < -0.4 is 10.6 Å². The Balaban J connectivity index is 2.48. The quantitative estimate of drug-likeness (QED) is 0.701. The number of nitrogens with one attached hydrogen (secondary N) is 2. The van der Waals surface area contributed by atoms with Crippen LogP contribution in [0.2, 0.25) is 0 Å². The van der Waals surface area contributed by atoms with Crippen LogP contribution in [0.5, 0.6) is 0 Å². The molecule has 2 amide bonds. The number of hydrogen-bond donors (Lipinski definition) is 3. The Hall–Kier alpha value is -0.810. The molecule has 3 atom stereocenters. The summed E-state index contributed by atoms with van der Waals surface area (Å²) in [5.41, 5.74) is 0.00375. The number of carbonyl (C=O) groups is 1. The summed E-state index contributed by atoms with van der Waals surface area (Å²) in [6.45, 7) is 7.45. The Labute approximate surface area is 129 Å². The van der Waals surface area contributed by atoms with Crippen LogP contribution in [-0.2, 0) is 0 Å². The van der Waals surface area contributed by atoms with Crippen LogP contribution in [0.15, 0.2) is 0 Å². The van der Waals surface area contributed by atoms with Crippen molar-refractivity contribution in [2.75, 3.05) is 27.2 Å². The van der Waals surface area contributed by atoms with E-state index in [-0.39, 0.29) is 36.1 Å². The van der Waals surface area contributed by atoms with Gasteiger partial charge in [0.05, 0.1) is 0 Å². The van der Waals surface area contributed by atoms with Gasteiger partial charge in [-0.3, -0.25) is 0 Å². The van der Waals surface area contributed by atoms with E-state index in [1.165, 1.54) is 0 Å². The van der Waals surface area contributed by atoms with Crippen molar-refractivity contribution in [3.63, 3.8) is 0 Å². The van der Waals surface area contributed by atoms with E-state index < -0.39 is 0 Å². The summed E-state index contributed by atoms with van der Waals surface area (Å²) in [5.74, 6) is 0.203. The zero-order chi connectivity index (χ0) is 16.0. The Kier molecular flexibility index (Phi) is 6.94. The van der Waals surface area contributed by atoms with E-state index in [1.807, 2.05) is 21.0 Å². The second-order valence-electron chi connectivity index (χ2n) is 7.40. The Bertz CT molecular complexity index is 331. The summed E-state index contributed by atoms with van der Waals surface area (Å²) < 4.78 is 0. The van der Waals surface area contributed by atoms with Crippen molar-refractivity contribution in [2.24, 2.45) is 11.3 Å². The fourth-order valence-corrected chi connectivity index (χ4v) is 3.17. The summed E-state index contributed by atoms with van der Waals surface area (Å²) in [4.78, 5) is 14.3. The molecule has 21 heavy (non-hydrogen) atoms. The minimum Gasteiger partial charge on any atom is -0.396 e. The van der Waals surface area contributed by atoms with Crippen LogP contribution in [0.3, 0.4) is 0 Å². The molecule has 0 saturated heterocycles. The summed E-state index contributed by atoms with van der Waals surface area (Å²) in [6, 6.07) is 0.0728. The first-order valence-corrected chi connectivity index (χ1v) is 8.09. The van der Waals surface area contributed by atoms with Crippen molar-refractivity contribution in [1.29, 1.82) is 0 Å². The zero-order valence-corrected chi connectivity index (χ0v) is 14.3. The summed E-state index contributed by atoms with van der Waals surface area (Å²) in [5, 5.41) is 15.5. The van der Waals surface area contributed by atoms with Crippen molar-refractivity contribution >= 4 is 6.03 Å². The van der Waals surface area contributed by atoms with Gasteiger partial charge in [0.15, 0.2) is 0 Å². The van der Waals surface area contributed by atoms with Crippen molar-refractivity contribution in [3.05, 3.63) is 0 Å². The number of nitrogens with zero attached hydrogens (tertiary/aromatic N) is 1. The number of aliphatic hydroxyl groups is 1. The fourth-order valence-electron chi connectivity index (χ4n) is 3.17. The molecule has 0 aromatic carbocycles. The Morgan fingerprint density at radius 1 is 1.33 bits per heavy atom. The molecule has 3 N–H and O–H groups in total. The third kappa shape index (κ3) is 5.83. The number of amides is 2. The van der Waals surface area contributed by atoms with Crippen LogP contribution in [0.4, 0.5) is 4.79 Å². The smallest absolute Gasteiger partial charge is 0.315 e. The highest BCUT2D eigenvalue weighted by Gasteiger charge is 2.30. The molecule has 5 heteroatoms. The fraction of sp³-hybridized carbons (Fsp3) is 0.938. The molecule has 1 rings (SSSR count). The lowest BCUT2D eigenvalue weighted by atomic mass is 9.84. The second kappa shape index (κ2) is 7.99. The lowest BCUT2D eigenvalue weighted by Crippen LogP contribution is -2.54. The zero-order valence-electron chi connectivity index (χ0n) is 14.3. The highest BCUT2D eigenvalue weighted by molar-refractivity contribution is 5.74. The van der Waals surface area contributed by atoms with Gasteiger partial charge in [-0.05, 0) is 39.3 Å². The number of hydrogen-bond acceptors (Lipinski definition) is 3. The van der Waals surface area contributed by atoms with Gasteiger partial charge in [-0.15, -0.1) is 0 Å². The van der Waals surface area contributed by atoms with Gasteiger partial charge < -0.3 is 20.6 Å². The summed E-state index contributed by atoms with van der Waals surface area (Å²) >= 11 is 0. The predicted molar refractivity (Wildman–Crippen MR) is 86.3 cm³/mol. The molecule has 0 aromatic rings. The first-order valence-electron chi connectivity index (χ1n) is 8.09. The molecule has 0 unspecified atom stereocenters. The predicted octanol–water partition coefficient (Wildman–Crippen LogP) is 1.81. The highest BCUT2D eigenvalue weighted by atomic mass is 16.3. The van der Waals surface area contributed by atoms with E-state index in [0.717, 1.165) is 32.2 Å². The van der Waals surface area contributed by atoms with E-state index in [4.69, 9.17) is 0 Å². The van der Waals surface area contributed by atoms with Gasteiger partial charge in [-0.2, -0.15) is 0 Å². The van der Waals surface area contributed by atoms with Gasteiger partial charge in [0, 0.05) is 31.2 Å². The Morgan fingerprint density at radius 2 is 1.95 bits per heavy atom. The minimum atomic E-state index is -0.111. The normalized spacial score (nSPS) is 24.7. The molecule has 124 valence electrons. The molecule has 0 radical (unpaired) electrons. The third-order valence-corrected chi connectivity index (χ3v) is 4.70. The molecule has 0 aliphatic heterocycles.